The number of aliphatic hydroxyl groups excluding tert-OH is 1. The second-order valence-corrected chi connectivity index (χ2v) is 6.76. The van der Waals surface area contributed by atoms with Gasteiger partial charge in [-0.3, -0.25) is 4.79 Å². The smallest absolute Gasteiger partial charge is 0.234 e. The summed E-state index contributed by atoms with van der Waals surface area (Å²) in [7, 11) is 0. The van der Waals surface area contributed by atoms with E-state index in [1.807, 2.05) is 13.8 Å². The Kier molecular flexibility index (Phi) is 5.45. The van der Waals surface area contributed by atoms with Gasteiger partial charge >= 0.3 is 0 Å². The van der Waals surface area contributed by atoms with Gasteiger partial charge in [0.2, 0.25) is 5.91 Å². The molecule has 3 atom stereocenters. The highest BCUT2D eigenvalue weighted by Crippen LogP contribution is 2.32. The number of hydrogen-bond acceptors (Lipinski definition) is 2. The van der Waals surface area contributed by atoms with Crippen LogP contribution in [0.2, 0.25) is 0 Å². The van der Waals surface area contributed by atoms with Crippen LogP contribution in [0.25, 0.3) is 0 Å². The third-order valence-electron chi connectivity index (χ3n) is 3.62. The Morgan fingerprint density at radius 1 is 1.59 bits per heavy atom. The Hall–Kier alpha value is -0.0900. The monoisotopic (exact) mass is 305 g/mol. The van der Waals surface area contributed by atoms with Gasteiger partial charge in [-0.05, 0) is 24.7 Å². The highest BCUT2D eigenvalue weighted by Gasteiger charge is 2.37. The molecule has 100 valence electrons. The van der Waals surface area contributed by atoms with Crippen molar-refractivity contribution >= 4 is 21.8 Å². The highest BCUT2D eigenvalue weighted by atomic mass is 79.9. The molecule has 0 aromatic heterocycles. The first-order valence-corrected chi connectivity index (χ1v) is 7.39. The minimum Gasteiger partial charge on any atom is -0.394 e. The van der Waals surface area contributed by atoms with Crippen molar-refractivity contribution in [3.8, 4) is 0 Å². The minimum absolute atomic E-state index is 0.00292. The normalized spacial score (nSPS) is 31.3. The van der Waals surface area contributed by atoms with Gasteiger partial charge in [-0.15, -0.1) is 0 Å². The standard InChI is InChI=1S/C13H24BrNO2/c1-9(2)11(14)12(17)15-13(8-16)6-4-5-10(3)7-13/h9-11,16H,4-8H2,1-3H3,(H,15,17). The van der Waals surface area contributed by atoms with Gasteiger partial charge in [0.05, 0.1) is 17.0 Å². The van der Waals surface area contributed by atoms with Crippen LogP contribution in [0.3, 0.4) is 0 Å². The zero-order valence-corrected chi connectivity index (χ0v) is 12.6. The van der Waals surface area contributed by atoms with Crippen LogP contribution in [0.1, 0.15) is 46.5 Å². The SMILES string of the molecule is CC1CCCC(CO)(NC(=O)C(Br)C(C)C)C1. The van der Waals surface area contributed by atoms with Gasteiger partial charge in [0, 0.05) is 0 Å². The number of carbonyl (C=O) groups excluding carboxylic acids is 1. The summed E-state index contributed by atoms with van der Waals surface area (Å²) in [6, 6.07) is 0. The molecule has 1 aliphatic carbocycles. The molecule has 0 spiro atoms. The molecule has 0 aromatic rings. The maximum absolute atomic E-state index is 12.1. The zero-order chi connectivity index (χ0) is 13.1. The predicted octanol–water partition coefficient (Wildman–Crippen LogP) is 2.46. The van der Waals surface area contributed by atoms with Crippen molar-refractivity contribution in [2.75, 3.05) is 6.61 Å². The summed E-state index contributed by atoms with van der Waals surface area (Å²) in [5.41, 5.74) is -0.393. The molecule has 2 N–H and O–H groups in total. The number of rotatable bonds is 4. The highest BCUT2D eigenvalue weighted by molar-refractivity contribution is 9.10. The Bertz CT molecular complexity index is 270. The second kappa shape index (κ2) is 6.19. The van der Waals surface area contributed by atoms with Gasteiger partial charge in [-0.1, -0.05) is 49.5 Å². The molecular weight excluding hydrogens is 282 g/mol. The lowest BCUT2D eigenvalue weighted by atomic mass is 9.76. The van der Waals surface area contributed by atoms with Gasteiger partial charge in [0.25, 0.3) is 0 Å². The average molecular weight is 306 g/mol. The molecule has 3 unspecified atom stereocenters. The van der Waals surface area contributed by atoms with E-state index in [1.165, 1.54) is 6.42 Å². The third kappa shape index (κ3) is 3.95. The largest absolute Gasteiger partial charge is 0.394 e. The summed E-state index contributed by atoms with van der Waals surface area (Å²) in [4.78, 5) is 11.9. The summed E-state index contributed by atoms with van der Waals surface area (Å²) >= 11 is 3.41. The predicted molar refractivity (Wildman–Crippen MR) is 73.1 cm³/mol. The second-order valence-electron chi connectivity index (χ2n) is 5.77. The molecule has 1 amide bonds. The van der Waals surface area contributed by atoms with Crippen molar-refractivity contribution < 1.29 is 9.90 Å². The van der Waals surface area contributed by atoms with Crippen LogP contribution in [-0.2, 0) is 4.79 Å². The number of halogens is 1. The van der Waals surface area contributed by atoms with Gasteiger partial charge in [0.1, 0.15) is 0 Å². The molecular formula is C13H24BrNO2. The minimum atomic E-state index is -0.393. The number of aliphatic hydroxyl groups is 1. The topological polar surface area (TPSA) is 49.3 Å². The van der Waals surface area contributed by atoms with Crippen LogP contribution in [-0.4, -0.2) is 28.0 Å². The molecule has 0 heterocycles. The molecule has 17 heavy (non-hydrogen) atoms. The summed E-state index contributed by atoms with van der Waals surface area (Å²) < 4.78 is 0. The fourth-order valence-corrected chi connectivity index (χ4v) is 2.70. The van der Waals surface area contributed by atoms with Gasteiger partial charge in [-0.25, -0.2) is 0 Å². The molecule has 1 aliphatic rings. The number of alkyl halides is 1. The molecule has 1 rings (SSSR count). The molecule has 0 radical (unpaired) electrons. The molecule has 0 bridgehead atoms. The first kappa shape index (κ1) is 15.0. The van der Waals surface area contributed by atoms with Gasteiger partial charge in [0.15, 0.2) is 0 Å². The van der Waals surface area contributed by atoms with Crippen molar-refractivity contribution in [2.24, 2.45) is 11.8 Å². The number of hydrogen-bond donors (Lipinski definition) is 2. The Labute approximate surface area is 112 Å². The fourth-order valence-electron chi connectivity index (χ4n) is 2.59. The molecule has 4 heteroatoms. The maximum atomic E-state index is 12.1. The Morgan fingerprint density at radius 3 is 2.71 bits per heavy atom. The first-order chi connectivity index (χ1) is 7.90. The first-order valence-electron chi connectivity index (χ1n) is 6.47. The molecule has 1 fully saturated rings. The zero-order valence-electron chi connectivity index (χ0n) is 11.0. The quantitative estimate of drug-likeness (QED) is 0.784. The van der Waals surface area contributed by atoms with E-state index >= 15 is 0 Å². The summed E-state index contributed by atoms with van der Waals surface area (Å²) in [5.74, 6) is 0.832. The lowest BCUT2D eigenvalue weighted by Gasteiger charge is -2.40. The van der Waals surface area contributed by atoms with E-state index < -0.39 is 5.54 Å². The summed E-state index contributed by atoms with van der Waals surface area (Å²) in [5, 5.41) is 12.7. The lowest BCUT2D eigenvalue weighted by molar-refractivity contribution is -0.124. The molecule has 0 aliphatic heterocycles. The molecule has 3 nitrogen and oxygen atoms in total. The van der Waals surface area contributed by atoms with Crippen molar-refractivity contribution in [1.82, 2.24) is 5.32 Å². The van der Waals surface area contributed by atoms with Crippen LogP contribution in [0.5, 0.6) is 0 Å². The fraction of sp³-hybridized carbons (Fsp3) is 0.923. The van der Waals surface area contributed by atoms with Crippen molar-refractivity contribution in [1.29, 1.82) is 0 Å². The van der Waals surface area contributed by atoms with Gasteiger partial charge < -0.3 is 10.4 Å². The molecule has 1 saturated carbocycles. The van der Waals surface area contributed by atoms with E-state index in [0.717, 1.165) is 19.3 Å². The van der Waals surface area contributed by atoms with Crippen molar-refractivity contribution in [3.63, 3.8) is 0 Å². The van der Waals surface area contributed by atoms with Crippen molar-refractivity contribution in [2.45, 2.75) is 56.8 Å². The van der Waals surface area contributed by atoms with Crippen LogP contribution >= 0.6 is 15.9 Å². The number of amides is 1. The number of nitrogens with one attached hydrogen (secondary N) is 1. The molecule has 0 aromatic carbocycles. The van der Waals surface area contributed by atoms with Gasteiger partial charge in [-0.2, -0.15) is 0 Å². The van der Waals surface area contributed by atoms with E-state index in [-0.39, 0.29) is 23.3 Å². The van der Waals surface area contributed by atoms with E-state index in [1.54, 1.807) is 0 Å². The summed E-state index contributed by atoms with van der Waals surface area (Å²) in [6.07, 6.45) is 4.04. The van der Waals surface area contributed by atoms with E-state index in [9.17, 15) is 9.90 Å². The Morgan fingerprint density at radius 2 is 2.24 bits per heavy atom. The van der Waals surface area contributed by atoms with E-state index in [0.29, 0.717) is 5.92 Å². The van der Waals surface area contributed by atoms with Crippen LogP contribution < -0.4 is 5.32 Å². The van der Waals surface area contributed by atoms with E-state index in [2.05, 4.69) is 28.2 Å². The van der Waals surface area contributed by atoms with Crippen molar-refractivity contribution in [3.05, 3.63) is 0 Å². The average Bonchev–Trinajstić information content (AvgIpc) is 2.27. The van der Waals surface area contributed by atoms with Crippen LogP contribution in [0.15, 0.2) is 0 Å². The van der Waals surface area contributed by atoms with Crippen LogP contribution in [0, 0.1) is 11.8 Å². The van der Waals surface area contributed by atoms with E-state index in [4.69, 9.17) is 0 Å². The maximum Gasteiger partial charge on any atom is 0.234 e. The summed E-state index contributed by atoms with van der Waals surface area (Å²) in [6.45, 7) is 6.24. The third-order valence-corrected chi connectivity index (χ3v) is 5.09. The lowest BCUT2D eigenvalue weighted by Crippen LogP contribution is -2.56. The van der Waals surface area contributed by atoms with Crippen LogP contribution in [0.4, 0.5) is 0 Å². The molecule has 0 saturated heterocycles. The number of carbonyl (C=O) groups is 1. The Balaban J connectivity index is 2.65.